The lowest BCUT2D eigenvalue weighted by molar-refractivity contribution is 0.179. The second-order valence-electron chi connectivity index (χ2n) is 4.56. The number of furan rings is 1. The highest BCUT2D eigenvalue weighted by Gasteiger charge is 2.19. The molecule has 0 aliphatic carbocycles. The van der Waals surface area contributed by atoms with Crippen molar-refractivity contribution in [2.45, 2.75) is 19.4 Å². The maximum atomic E-state index is 10.5. The summed E-state index contributed by atoms with van der Waals surface area (Å²) in [6.45, 7) is 2.02. The van der Waals surface area contributed by atoms with E-state index < -0.39 is 6.10 Å². The molecule has 0 saturated carbocycles. The van der Waals surface area contributed by atoms with Crippen molar-refractivity contribution >= 4 is 0 Å². The van der Waals surface area contributed by atoms with E-state index in [-0.39, 0.29) is 0 Å². The van der Waals surface area contributed by atoms with Gasteiger partial charge in [0, 0.05) is 12.6 Å². The number of para-hydroxylation sites is 1. The quantitative estimate of drug-likeness (QED) is 0.791. The molecular weight excluding hydrogens is 252 g/mol. The average molecular weight is 268 g/mol. The molecule has 2 aromatic heterocycles. The topological polar surface area (TPSA) is 51.2 Å². The number of benzene rings is 1. The van der Waals surface area contributed by atoms with Gasteiger partial charge in [0.25, 0.3) is 0 Å². The van der Waals surface area contributed by atoms with Crippen molar-refractivity contribution in [2.75, 3.05) is 0 Å². The molecular formula is C16H16N2O2. The summed E-state index contributed by atoms with van der Waals surface area (Å²) in [6, 6.07) is 15.2. The molecule has 0 fully saturated rings. The minimum atomic E-state index is -0.821. The van der Waals surface area contributed by atoms with Gasteiger partial charge in [-0.2, -0.15) is 5.10 Å². The first-order valence-corrected chi connectivity index (χ1v) is 6.65. The van der Waals surface area contributed by atoms with Crippen LogP contribution >= 0.6 is 0 Å². The summed E-state index contributed by atoms with van der Waals surface area (Å²) < 4.78 is 7.34. The van der Waals surface area contributed by atoms with Crippen molar-refractivity contribution in [2.24, 2.45) is 0 Å². The Labute approximate surface area is 117 Å². The van der Waals surface area contributed by atoms with Gasteiger partial charge in [-0.15, -0.1) is 0 Å². The fourth-order valence-corrected chi connectivity index (χ4v) is 2.18. The van der Waals surface area contributed by atoms with Crippen LogP contribution in [0.4, 0.5) is 0 Å². The van der Waals surface area contributed by atoms with Crippen molar-refractivity contribution in [1.29, 1.82) is 0 Å². The first-order valence-electron chi connectivity index (χ1n) is 6.65. The lowest BCUT2D eigenvalue weighted by Crippen LogP contribution is -2.07. The zero-order valence-corrected chi connectivity index (χ0v) is 11.2. The number of aryl methyl sites for hydroxylation is 1. The summed E-state index contributed by atoms with van der Waals surface area (Å²) in [4.78, 5) is 0. The van der Waals surface area contributed by atoms with E-state index in [1.807, 2.05) is 49.4 Å². The van der Waals surface area contributed by atoms with Crippen molar-refractivity contribution in [3.8, 4) is 5.69 Å². The number of hydrogen-bond donors (Lipinski definition) is 1. The van der Waals surface area contributed by atoms with Crippen LogP contribution < -0.4 is 0 Å². The van der Waals surface area contributed by atoms with Crippen molar-refractivity contribution in [3.05, 3.63) is 71.9 Å². The minimum absolute atomic E-state index is 0.541. The van der Waals surface area contributed by atoms with Gasteiger partial charge in [-0.05, 0) is 30.3 Å². The molecule has 0 spiro atoms. The number of aliphatic hydroxyl groups excluding tert-OH is 1. The number of aromatic nitrogens is 2. The molecule has 0 radical (unpaired) electrons. The lowest BCUT2D eigenvalue weighted by atomic mass is 10.2. The number of rotatable bonds is 4. The largest absolute Gasteiger partial charge is 0.463 e. The molecule has 0 aliphatic rings. The van der Waals surface area contributed by atoms with Gasteiger partial charge in [0.05, 0.1) is 11.4 Å². The maximum Gasteiger partial charge on any atom is 0.153 e. The Bertz CT molecular complexity index is 685. The number of hydrogen-bond acceptors (Lipinski definition) is 3. The van der Waals surface area contributed by atoms with E-state index in [0.29, 0.717) is 11.5 Å². The molecule has 0 amide bonds. The van der Waals surface area contributed by atoms with Crippen LogP contribution in [0.5, 0.6) is 0 Å². The van der Waals surface area contributed by atoms with E-state index in [1.54, 1.807) is 16.9 Å². The molecule has 1 aromatic carbocycles. The van der Waals surface area contributed by atoms with Gasteiger partial charge in [0.2, 0.25) is 0 Å². The van der Waals surface area contributed by atoms with E-state index in [9.17, 15) is 5.11 Å². The van der Waals surface area contributed by atoms with E-state index in [4.69, 9.17) is 4.42 Å². The van der Waals surface area contributed by atoms with Gasteiger partial charge >= 0.3 is 0 Å². The van der Waals surface area contributed by atoms with Crippen LogP contribution in [0.2, 0.25) is 0 Å². The standard InChI is InChI=1S/C16H16N2O2/c1-2-13-8-9-15(20-13)16(19)14-10-11-17-18(14)12-6-4-3-5-7-12/h3-11,16,19H,2H2,1H3. The first kappa shape index (κ1) is 12.7. The Morgan fingerprint density at radius 3 is 2.65 bits per heavy atom. The van der Waals surface area contributed by atoms with Crippen molar-refractivity contribution in [1.82, 2.24) is 9.78 Å². The highest BCUT2D eigenvalue weighted by molar-refractivity contribution is 5.34. The Hall–Kier alpha value is -2.33. The highest BCUT2D eigenvalue weighted by atomic mass is 16.4. The van der Waals surface area contributed by atoms with Gasteiger partial charge in [-0.3, -0.25) is 0 Å². The smallest absolute Gasteiger partial charge is 0.153 e. The summed E-state index contributed by atoms with van der Waals surface area (Å²) in [7, 11) is 0. The molecule has 4 heteroatoms. The summed E-state index contributed by atoms with van der Waals surface area (Å²) >= 11 is 0. The van der Waals surface area contributed by atoms with E-state index in [1.165, 1.54) is 0 Å². The molecule has 0 bridgehead atoms. The van der Waals surface area contributed by atoms with E-state index in [2.05, 4.69) is 5.10 Å². The molecule has 0 saturated heterocycles. The molecule has 1 N–H and O–H groups in total. The summed E-state index contributed by atoms with van der Waals surface area (Å²) in [5.41, 5.74) is 1.60. The predicted molar refractivity (Wildman–Crippen MR) is 75.7 cm³/mol. The first-order chi connectivity index (χ1) is 9.79. The number of nitrogens with zero attached hydrogens (tertiary/aromatic N) is 2. The van der Waals surface area contributed by atoms with Crippen molar-refractivity contribution < 1.29 is 9.52 Å². The van der Waals surface area contributed by atoms with Gasteiger partial charge in [0.1, 0.15) is 11.5 Å². The molecule has 4 nitrogen and oxygen atoms in total. The molecule has 2 heterocycles. The third-order valence-electron chi connectivity index (χ3n) is 3.25. The van der Waals surface area contributed by atoms with Crippen LogP contribution in [-0.4, -0.2) is 14.9 Å². The Morgan fingerprint density at radius 1 is 1.15 bits per heavy atom. The van der Waals surface area contributed by atoms with E-state index in [0.717, 1.165) is 17.9 Å². The van der Waals surface area contributed by atoms with Gasteiger partial charge in [-0.25, -0.2) is 4.68 Å². The monoisotopic (exact) mass is 268 g/mol. The predicted octanol–water partition coefficient (Wildman–Crippen LogP) is 3.11. The van der Waals surface area contributed by atoms with Crippen LogP contribution in [0.3, 0.4) is 0 Å². The van der Waals surface area contributed by atoms with Gasteiger partial charge < -0.3 is 9.52 Å². The number of aliphatic hydroxyl groups is 1. The third kappa shape index (κ3) is 2.26. The second kappa shape index (κ2) is 5.35. The second-order valence-corrected chi connectivity index (χ2v) is 4.56. The Morgan fingerprint density at radius 2 is 1.95 bits per heavy atom. The third-order valence-corrected chi connectivity index (χ3v) is 3.25. The normalized spacial score (nSPS) is 12.5. The van der Waals surface area contributed by atoms with E-state index >= 15 is 0 Å². The summed E-state index contributed by atoms with van der Waals surface area (Å²) in [6.07, 6.45) is 1.66. The zero-order valence-electron chi connectivity index (χ0n) is 11.2. The van der Waals surface area contributed by atoms with Crippen LogP contribution in [-0.2, 0) is 6.42 Å². The average Bonchev–Trinajstić information content (AvgIpc) is 3.16. The van der Waals surface area contributed by atoms with Gasteiger partial charge in [-0.1, -0.05) is 25.1 Å². The maximum absolute atomic E-state index is 10.5. The fraction of sp³-hybridized carbons (Fsp3) is 0.188. The summed E-state index contributed by atoms with van der Waals surface area (Å²) in [5, 5.41) is 14.8. The minimum Gasteiger partial charge on any atom is -0.463 e. The molecule has 1 atom stereocenters. The lowest BCUT2D eigenvalue weighted by Gasteiger charge is -2.11. The van der Waals surface area contributed by atoms with Crippen molar-refractivity contribution in [3.63, 3.8) is 0 Å². The van der Waals surface area contributed by atoms with Crippen LogP contribution in [0, 0.1) is 0 Å². The molecule has 20 heavy (non-hydrogen) atoms. The molecule has 0 aliphatic heterocycles. The summed E-state index contributed by atoms with van der Waals surface area (Å²) in [5.74, 6) is 1.41. The molecule has 1 unspecified atom stereocenters. The molecule has 3 rings (SSSR count). The van der Waals surface area contributed by atoms with Crippen LogP contribution in [0.1, 0.15) is 30.2 Å². The molecule has 102 valence electrons. The Kier molecular flexibility index (Phi) is 3.39. The highest BCUT2D eigenvalue weighted by Crippen LogP contribution is 2.25. The SMILES string of the molecule is CCc1ccc(C(O)c2ccnn2-c2ccccc2)o1. The van der Waals surface area contributed by atoms with Crippen LogP contribution in [0.15, 0.2) is 59.1 Å². The van der Waals surface area contributed by atoms with Crippen LogP contribution in [0.25, 0.3) is 5.69 Å². The fourth-order valence-electron chi connectivity index (χ4n) is 2.18. The Balaban J connectivity index is 1.97. The molecule has 3 aromatic rings. The zero-order chi connectivity index (χ0) is 13.9. The van der Waals surface area contributed by atoms with Gasteiger partial charge in [0.15, 0.2) is 6.10 Å².